The molecule has 0 aliphatic carbocycles. The van der Waals surface area contributed by atoms with Crippen LogP contribution in [-0.2, 0) is 23.7 Å². The van der Waals surface area contributed by atoms with Crippen LogP contribution >= 0.6 is 0 Å². The van der Waals surface area contributed by atoms with Crippen LogP contribution in [0.4, 0.5) is 16.4 Å². The quantitative estimate of drug-likeness (QED) is 0.329. The van der Waals surface area contributed by atoms with E-state index in [1.807, 2.05) is 79.1 Å². The summed E-state index contributed by atoms with van der Waals surface area (Å²) in [5.41, 5.74) is 2.99. The number of fused-ring (bicyclic) bond motifs is 1. The van der Waals surface area contributed by atoms with Gasteiger partial charge in [-0.05, 0) is 50.5 Å². The minimum Gasteiger partial charge on any atom is -0.444 e. The fourth-order valence-electron chi connectivity index (χ4n) is 4.64. The maximum atomic E-state index is 13.2. The highest BCUT2D eigenvalue weighted by Crippen LogP contribution is 2.32. The summed E-state index contributed by atoms with van der Waals surface area (Å²) in [5, 5.41) is 14.3. The van der Waals surface area contributed by atoms with Crippen molar-refractivity contribution in [3.05, 3.63) is 65.7 Å². The van der Waals surface area contributed by atoms with Crippen molar-refractivity contribution in [2.45, 2.75) is 71.6 Å². The molecule has 1 aliphatic heterocycles. The number of hydrogen-bond acceptors (Lipinski definition) is 10. The molecule has 0 saturated carbocycles. The van der Waals surface area contributed by atoms with E-state index in [0.29, 0.717) is 37.0 Å². The fourth-order valence-corrected chi connectivity index (χ4v) is 4.64. The third-order valence-corrected chi connectivity index (χ3v) is 6.71. The molecule has 0 spiro atoms. The second kappa shape index (κ2) is 11.5. The summed E-state index contributed by atoms with van der Waals surface area (Å²) in [7, 11) is 1.83. The maximum Gasteiger partial charge on any atom is 0.410 e. The van der Waals surface area contributed by atoms with Gasteiger partial charge in [0.1, 0.15) is 5.60 Å². The first-order valence-electron chi connectivity index (χ1n) is 14.1. The van der Waals surface area contributed by atoms with E-state index in [-0.39, 0.29) is 11.2 Å². The molecule has 4 aromatic rings. The highest BCUT2D eigenvalue weighted by atomic mass is 16.6. The Kier molecular flexibility index (Phi) is 7.91. The fraction of sp³-hybridized carbons (Fsp3) is 0.433. The number of nitrogens with one attached hydrogen (secondary N) is 2. The molecule has 0 saturated heterocycles. The summed E-state index contributed by atoms with van der Waals surface area (Å²) < 4.78 is 12.7. The maximum absolute atomic E-state index is 13.2. The minimum atomic E-state index is -0.649. The van der Waals surface area contributed by atoms with E-state index in [1.165, 1.54) is 0 Å². The number of amides is 2. The molecule has 1 aromatic carbocycles. The molecule has 0 bridgehead atoms. The largest absolute Gasteiger partial charge is 0.444 e. The predicted octanol–water partition coefficient (Wildman–Crippen LogP) is 4.91. The van der Waals surface area contributed by atoms with Crippen molar-refractivity contribution in [3.63, 3.8) is 0 Å². The molecule has 0 unspecified atom stereocenters. The van der Waals surface area contributed by atoms with Crippen molar-refractivity contribution in [1.29, 1.82) is 0 Å². The molecule has 226 valence electrons. The molecular weight excluding hydrogens is 550 g/mol. The van der Waals surface area contributed by atoms with E-state index in [1.54, 1.807) is 22.0 Å². The van der Waals surface area contributed by atoms with Crippen molar-refractivity contribution in [3.8, 4) is 11.3 Å². The molecule has 2 N–H and O–H groups in total. The van der Waals surface area contributed by atoms with Crippen LogP contribution in [0.25, 0.3) is 11.3 Å². The molecule has 4 heterocycles. The van der Waals surface area contributed by atoms with E-state index in [9.17, 15) is 9.59 Å². The topological polar surface area (TPSA) is 153 Å². The number of carbonyl (C=O) groups is 2. The lowest BCUT2D eigenvalue weighted by Gasteiger charge is -2.26. The van der Waals surface area contributed by atoms with Gasteiger partial charge in [-0.2, -0.15) is 10.1 Å². The van der Waals surface area contributed by atoms with Gasteiger partial charge >= 0.3 is 6.09 Å². The van der Waals surface area contributed by atoms with E-state index < -0.39 is 23.6 Å². The Labute approximate surface area is 250 Å². The minimum absolute atomic E-state index is 0.0361. The summed E-state index contributed by atoms with van der Waals surface area (Å²) in [4.78, 5) is 41.4. The third-order valence-electron chi connectivity index (χ3n) is 6.71. The monoisotopic (exact) mass is 587 g/mol. The summed E-state index contributed by atoms with van der Waals surface area (Å²) in [6.45, 7) is 12.0. The number of nitrogens with zero attached hydrogens (tertiary/aromatic N) is 7. The van der Waals surface area contributed by atoms with Crippen molar-refractivity contribution in [2.24, 2.45) is 7.05 Å². The van der Waals surface area contributed by atoms with Crippen LogP contribution in [-0.4, -0.2) is 58.9 Å². The smallest absolute Gasteiger partial charge is 0.410 e. The predicted molar refractivity (Wildman–Crippen MR) is 158 cm³/mol. The summed E-state index contributed by atoms with van der Waals surface area (Å²) >= 11 is 0. The Morgan fingerprint density at radius 1 is 1.09 bits per heavy atom. The van der Waals surface area contributed by atoms with Crippen LogP contribution in [0.2, 0.25) is 0 Å². The van der Waals surface area contributed by atoms with Crippen LogP contribution < -0.4 is 10.6 Å². The van der Waals surface area contributed by atoms with Gasteiger partial charge in [-0.15, -0.1) is 0 Å². The van der Waals surface area contributed by atoms with Gasteiger partial charge in [0.2, 0.25) is 11.8 Å². The van der Waals surface area contributed by atoms with Crippen LogP contribution in [0.3, 0.4) is 0 Å². The standard InChI is InChI=1S/C30H37N9O4/c1-29(2,3)26-36-24(37-43-26)25(40)34-23-11-13-39(28(41)42-30(4,5)6)16-19-14-18(8-9-21(19)23)22-10-12-31-27(35-22)33-20-15-32-38(7)17-20/h8-10,12,14-15,17,23H,11,13,16H2,1-7H3,(H,34,40)(H,31,33,35)/t23-/m1/s1. The lowest BCUT2D eigenvalue weighted by Crippen LogP contribution is -2.37. The highest BCUT2D eigenvalue weighted by molar-refractivity contribution is 5.90. The molecule has 0 radical (unpaired) electrons. The molecule has 3 aromatic heterocycles. The molecule has 13 heteroatoms. The lowest BCUT2D eigenvalue weighted by molar-refractivity contribution is 0.0234. The van der Waals surface area contributed by atoms with Gasteiger partial charge in [-0.25, -0.2) is 14.8 Å². The Hall–Kier alpha value is -4.81. The van der Waals surface area contributed by atoms with E-state index in [2.05, 4.69) is 30.9 Å². The second-order valence-corrected chi connectivity index (χ2v) is 12.6. The number of benzene rings is 1. The van der Waals surface area contributed by atoms with Crippen LogP contribution in [0.5, 0.6) is 0 Å². The average Bonchev–Trinajstić information content (AvgIpc) is 3.55. The summed E-state index contributed by atoms with van der Waals surface area (Å²) in [6, 6.07) is 7.30. The normalized spacial score (nSPS) is 15.4. The third kappa shape index (κ3) is 7.16. The first-order chi connectivity index (χ1) is 20.2. The average molecular weight is 588 g/mol. The molecule has 1 aliphatic rings. The van der Waals surface area contributed by atoms with E-state index >= 15 is 0 Å². The number of rotatable bonds is 5. The lowest BCUT2D eigenvalue weighted by atomic mass is 9.96. The number of hydrogen-bond donors (Lipinski definition) is 2. The molecule has 43 heavy (non-hydrogen) atoms. The van der Waals surface area contributed by atoms with Gasteiger partial charge in [0.15, 0.2) is 0 Å². The summed E-state index contributed by atoms with van der Waals surface area (Å²) in [5.74, 6) is 0.315. The SMILES string of the molecule is Cn1cc(Nc2nccc(-c3ccc4c(c3)CN(C(=O)OC(C)(C)C)CC[C@H]4NC(=O)c3noc(C(C)(C)C)n3)n2)cn1. The highest BCUT2D eigenvalue weighted by Gasteiger charge is 2.31. The Bertz CT molecular complexity index is 1630. The van der Waals surface area contributed by atoms with Gasteiger partial charge in [0.05, 0.1) is 23.6 Å². The van der Waals surface area contributed by atoms with Gasteiger partial charge in [-0.1, -0.05) is 38.1 Å². The molecule has 13 nitrogen and oxygen atoms in total. The number of carbonyl (C=O) groups excluding carboxylic acids is 2. The number of aryl methyl sites for hydroxylation is 1. The molecule has 2 amide bonds. The van der Waals surface area contributed by atoms with Gasteiger partial charge in [0, 0.05) is 43.5 Å². The van der Waals surface area contributed by atoms with Crippen molar-refractivity contribution in [2.75, 3.05) is 11.9 Å². The van der Waals surface area contributed by atoms with Crippen LogP contribution in [0.15, 0.2) is 47.4 Å². The first kappa shape index (κ1) is 29.7. The molecule has 1 atom stereocenters. The Morgan fingerprint density at radius 3 is 2.56 bits per heavy atom. The first-order valence-corrected chi connectivity index (χ1v) is 14.1. The van der Waals surface area contributed by atoms with Gasteiger partial charge in [-0.3, -0.25) is 9.48 Å². The molecular formula is C30H37N9O4. The number of aromatic nitrogens is 6. The zero-order valence-corrected chi connectivity index (χ0v) is 25.5. The zero-order valence-electron chi connectivity index (χ0n) is 25.5. The number of anilines is 2. The van der Waals surface area contributed by atoms with Crippen molar-refractivity contribution in [1.82, 2.24) is 40.1 Å². The molecule has 0 fully saturated rings. The van der Waals surface area contributed by atoms with Crippen molar-refractivity contribution < 1.29 is 18.8 Å². The molecule has 5 rings (SSSR count). The van der Waals surface area contributed by atoms with Crippen LogP contribution in [0.1, 0.15) is 81.6 Å². The van der Waals surface area contributed by atoms with Gasteiger partial charge < -0.3 is 24.8 Å². The van der Waals surface area contributed by atoms with Gasteiger partial charge in [0.25, 0.3) is 11.7 Å². The number of ether oxygens (including phenoxy) is 1. The Balaban J connectivity index is 1.45. The van der Waals surface area contributed by atoms with Crippen molar-refractivity contribution >= 4 is 23.6 Å². The second-order valence-electron chi connectivity index (χ2n) is 12.6. The van der Waals surface area contributed by atoms with E-state index in [0.717, 1.165) is 22.4 Å². The summed E-state index contributed by atoms with van der Waals surface area (Å²) in [6.07, 6.45) is 5.24. The Morgan fingerprint density at radius 2 is 1.88 bits per heavy atom. The van der Waals surface area contributed by atoms with E-state index in [4.69, 9.17) is 14.2 Å². The zero-order chi connectivity index (χ0) is 30.9. The van der Waals surface area contributed by atoms with Crippen LogP contribution in [0, 0.1) is 0 Å².